The Bertz CT molecular complexity index is 713. The molecule has 0 saturated heterocycles. The van der Waals surface area contributed by atoms with Crippen molar-refractivity contribution in [1.82, 2.24) is 0 Å². The van der Waals surface area contributed by atoms with E-state index in [2.05, 4.69) is 44.3 Å². The highest BCUT2D eigenvalue weighted by molar-refractivity contribution is 5.93. The lowest BCUT2D eigenvalue weighted by Gasteiger charge is -2.16. The van der Waals surface area contributed by atoms with Gasteiger partial charge in [0.15, 0.2) is 6.61 Å². The number of ether oxygens (including phenoxy) is 1. The van der Waals surface area contributed by atoms with E-state index in [-0.39, 0.29) is 12.5 Å². The number of hydrogen-bond donors (Lipinski definition) is 1. The van der Waals surface area contributed by atoms with Crippen LogP contribution in [0.2, 0.25) is 0 Å². The fourth-order valence-corrected chi connectivity index (χ4v) is 2.87. The zero-order valence-electron chi connectivity index (χ0n) is 15.3. The highest BCUT2D eigenvalue weighted by Gasteiger charge is 2.12. The third kappa shape index (κ3) is 4.16. The van der Waals surface area contributed by atoms with Crippen LogP contribution in [0, 0.1) is 20.8 Å². The van der Waals surface area contributed by atoms with E-state index in [0.29, 0.717) is 0 Å². The first kappa shape index (κ1) is 18.1. The maximum absolute atomic E-state index is 12.4. The molecule has 3 nitrogen and oxygen atoms in total. The zero-order valence-corrected chi connectivity index (χ0v) is 15.3. The standard InChI is InChI=1S/C21H27NO2/c1-6-17-9-8-10-18(7-2)21(17)22-20(23)13-24-19-12-14(3)11-15(4)16(19)5/h8-12H,6-7,13H2,1-5H3,(H,22,23). The van der Waals surface area contributed by atoms with Gasteiger partial charge in [-0.1, -0.05) is 38.1 Å². The number of amides is 1. The van der Waals surface area contributed by atoms with Crippen LogP contribution in [0.15, 0.2) is 30.3 Å². The van der Waals surface area contributed by atoms with Crippen molar-refractivity contribution in [3.8, 4) is 5.75 Å². The van der Waals surface area contributed by atoms with Crippen molar-refractivity contribution in [1.29, 1.82) is 0 Å². The van der Waals surface area contributed by atoms with Gasteiger partial charge in [-0.25, -0.2) is 0 Å². The van der Waals surface area contributed by atoms with Crippen LogP contribution in [0.5, 0.6) is 5.75 Å². The van der Waals surface area contributed by atoms with Crippen LogP contribution in [0.25, 0.3) is 0 Å². The van der Waals surface area contributed by atoms with E-state index in [1.165, 1.54) is 5.56 Å². The second-order valence-corrected chi connectivity index (χ2v) is 6.20. The van der Waals surface area contributed by atoms with E-state index >= 15 is 0 Å². The summed E-state index contributed by atoms with van der Waals surface area (Å²) < 4.78 is 5.77. The van der Waals surface area contributed by atoms with Gasteiger partial charge in [0.1, 0.15) is 5.75 Å². The van der Waals surface area contributed by atoms with Gasteiger partial charge in [0.25, 0.3) is 5.91 Å². The Kier molecular flexibility index (Phi) is 6.02. The summed E-state index contributed by atoms with van der Waals surface area (Å²) >= 11 is 0. The lowest BCUT2D eigenvalue weighted by Crippen LogP contribution is -2.22. The molecule has 0 radical (unpaired) electrons. The number of carbonyl (C=O) groups excluding carboxylic acids is 1. The molecule has 128 valence electrons. The molecule has 2 aromatic carbocycles. The van der Waals surface area contributed by atoms with Gasteiger partial charge in [-0.15, -0.1) is 0 Å². The number of aryl methyl sites for hydroxylation is 4. The van der Waals surface area contributed by atoms with Crippen molar-refractivity contribution in [3.63, 3.8) is 0 Å². The Morgan fingerprint density at radius 3 is 2.25 bits per heavy atom. The third-order valence-electron chi connectivity index (χ3n) is 4.39. The molecule has 0 fully saturated rings. The van der Waals surface area contributed by atoms with Crippen molar-refractivity contribution < 1.29 is 9.53 Å². The predicted molar refractivity (Wildman–Crippen MR) is 100.0 cm³/mol. The molecule has 24 heavy (non-hydrogen) atoms. The molecule has 0 bridgehead atoms. The fourth-order valence-electron chi connectivity index (χ4n) is 2.87. The van der Waals surface area contributed by atoms with Crippen molar-refractivity contribution in [2.45, 2.75) is 47.5 Å². The molecule has 3 heteroatoms. The summed E-state index contributed by atoms with van der Waals surface area (Å²) in [5, 5.41) is 3.04. The molecule has 1 amide bonds. The molecule has 0 saturated carbocycles. The SMILES string of the molecule is CCc1cccc(CC)c1NC(=O)COc1cc(C)cc(C)c1C. The topological polar surface area (TPSA) is 38.3 Å². The number of para-hydroxylation sites is 1. The van der Waals surface area contributed by atoms with E-state index in [9.17, 15) is 4.79 Å². The van der Waals surface area contributed by atoms with Gasteiger partial charge in [-0.05, 0) is 67.5 Å². The molecule has 0 unspecified atom stereocenters. The van der Waals surface area contributed by atoms with E-state index in [1.54, 1.807) is 0 Å². The number of carbonyl (C=O) groups is 1. The van der Waals surface area contributed by atoms with Gasteiger partial charge in [-0.3, -0.25) is 4.79 Å². The van der Waals surface area contributed by atoms with Gasteiger partial charge < -0.3 is 10.1 Å². The van der Waals surface area contributed by atoms with Crippen LogP contribution >= 0.6 is 0 Å². The average molecular weight is 325 g/mol. The van der Waals surface area contributed by atoms with Crippen molar-refractivity contribution >= 4 is 11.6 Å². The normalized spacial score (nSPS) is 10.5. The quantitative estimate of drug-likeness (QED) is 0.832. The number of nitrogens with one attached hydrogen (secondary N) is 1. The van der Waals surface area contributed by atoms with Gasteiger partial charge >= 0.3 is 0 Å². The van der Waals surface area contributed by atoms with Crippen molar-refractivity contribution in [3.05, 3.63) is 58.1 Å². The summed E-state index contributed by atoms with van der Waals surface area (Å²) in [5.41, 5.74) is 6.65. The predicted octanol–water partition coefficient (Wildman–Crippen LogP) is 4.75. The number of anilines is 1. The first-order chi connectivity index (χ1) is 11.5. The molecule has 0 atom stereocenters. The van der Waals surface area contributed by atoms with E-state index in [1.807, 2.05) is 26.0 Å². The third-order valence-corrected chi connectivity index (χ3v) is 4.39. The lowest BCUT2D eigenvalue weighted by molar-refractivity contribution is -0.118. The lowest BCUT2D eigenvalue weighted by atomic mass is 10.0. The highest BCUT2D eigenvalue weighted by Crippen LogP contribution is 2.24. The summed E-state index contributed by atoms with van der Waals surface area (Å²) in [7, 11) is 0. The zero-order chi connectivity index (χ0) is 17.7. The molecule has 2 rings (SSSR count). The van der Waals surface area contributed by atoms with E-state index in [0.717, 1.165) is 46.5 Å². The molecular weight excluding hydrogens is 298 g/mol. The summed E-state index contributed by atoms with van der Waals surface area (Å²) in [6.07, 6.45) is 1.78. The first-order valence-corrected chi connectivity index (χ1v) is 8.57. The van der Waals surface area contributed by atoms with Gasteiger partial charge in [0.05, 0.1) is 0 Å². The average Bonchev–Trinajstić information content (AvgIpc) is 2.56. The summed E-state index contributed by atoms with van der Waals surface area (Å²) in [6.45, 7) is 10.3. The van der Waals surface area contributed by atoms with Crippen LogP contribution in [-0.4, -0.2) is 12.5 Å². The van der Waals surface area contributed by atoms with Crippen LogP contribution < -0.4 is 10.1 Å². The van der Waals surface area contributed by atoms with Gasteiger partial charge in [0, 0.05) is 5.69 Å². The van der Waals surface area contributed by atoms with E-state index in [4.69, 9.17) is 4.74 Å². The number of benzene rings is 2. The minimum Gasteiger partial charge on any atom is -0.483 e. The fraction of sp³-hybridized carbons (Fsp3) is 0.381. The molecule has 0 aliphatic carbocycles. The van der Waals surface area contributed by atoms with Crippen LogP contribution in [0.1, 0.15) is 41.7 Å². The second-order valence-electron chi connectivity index (χ2n) is 6.20. The van der Waals surface area contributed by atoms with Crippen LogP contribution in [0.3, 0.4) is 0 Å². The smallest absolute Gasteiger partial charge is 0.262 e. The van der Waals surface area contributed by atoms with Gasteiger partial charge in [0.2, 0.25) is 0 Å². The van der Waals surface area contributed by atoms with Gasteiger partial charge in [-0.2, -0.15) is 0 Å². The summed E-state index contributed by atoms with van der Waals surface area (Å²) in [5.74, 6) is 0.659. The van der Waals surface area contributed by atoms with Crippen molar-refractivity contribution in [2.24, 2.45) is 0 Å². The maximum atomic E-state index is 12.4. The molecule has 2 aromatic rings. The summed E-state index contributed by atoms with van der Waals surface area (Å²) in [4.78, 5) is 12.4. The number of hydrogen-bond acceptors (Lipinski definition) is 2. The maximum Gasteiger partial charge on any atom is 0.262 e. The Morgan fingerprint density at radius 1 is 1.04 bits per heavy atom. The Morgan fingerprint density at radius 2 is 1.67 bits per heavy atom. The number of rotatable bonds is 6. The molecule has 0 spiro atoms. The largest absolute Gasteiger partial charge is 0.483 e. The van der Waals surface area contributed by atoms with Crippen molar-refractivity contribution in [2.75, 3.05) is 11.9 Å². The monoisotopic (exact) mass is 325 g/mol. The molecule has 0 heterocycles. The molecule has 0 aliphatic rings. The molecule has 1 N–H and O–H groups in total. The summed E-state index contributed by atoms with van der Waals surface area (Å²) in [6, 6.07) is 10.3. The van der Waals surface area contributed by atoms with E-state index < -0.39 is 0 Å². The Balaban J connectivity index is 2.10. The highest BCUT2D eigenvalue weighted by atomic mass is 16.5. The Hall–Kier alpha value is -2.29. The van der Waals surface area contributed by atoms with Crippen LogP contribution in [0.4, 0.5) is 5.69 Å². The second kappa shape index (κ2) is 8.00. The Labute approximate surface area is 145 Å². The molecular formula is C21H27NO2. The minimum absolute atomic E-state index is 0.0188. The minimum atomic E-state index is -0.121. The van der Waals surface area contributed by atoms with Crippen LogP contribution in [-0.2, 0) is 17.6 Å². The molecule has 0 aromatic heterocycles. The molecule has 0 aliphatic heterocycles. The first-order valence-electron chi connectivity index (χ1n) is 8.57.